The van der Waals surface area contributed by atoms with Crippen LogP contribution in [0, 0.1) is 11.8 Å². The van der Waals surface area contributed by atoms with Gasteiger partial charge in [-0.2, -0.15) is 0 Å². The highest BCUT2D eigenvalue weighted by Crippen LogP contribution is 2.15. The summed E-state index contributed by atoms with van der Waals surface area (Å²) in [4.78, 5) is 23.4. The van der Waals surface area contributed by atoms with Crippen LogP contribution in [0.1, 0.15) is 21.7 Å². The zero-order chi connectivity index (χ0) is 13.4. The average molecular weight is 265 g/mol. The topological polar surface area (TPSA) is 84.2 Å². The summed E-state index contributed by atoms with van der Waals surface area (Å²) in [6.07, 6.45) is 0.261. The summed E-state index contributed by atoms with van der Waals surface area (Å²) in [7, 11) is 1.56. The Morgan fingerprint density at radius 2 is 2.28 bits per heavy atom. The number of hydrogen-bond donors (Lipinski definition) is 3. The number of amides is 2. The van der Waals surface area contributed by atoms with Crippen LogP contribution in [0.5, 0.6) is 0 Å². The Bertz CT molecular complexity index is 485. The molecule has 0 aliphatic rings. The molecule has 4 N–H and O–H groups in total. The van der Waals surface area contributed by atoms with Gasteiger partial charge in [-0.25, -0.2) is 0 Å². The smallest absolute Gasteiger partial charge is 0.262 e. The molecular formula is C12H15N3O2S. The SMILES string of the molecule is CNC(=O)CCNC(=O)c1sccc1C#CCN. The molecule has 0 aromatic carbocycles. The molecule has 5 nitrogen and oxygen atoms in total. The maximum atomic E-state index is 11.8. The monoisotopic (exact) mass is 265 g/mol. The highest BCUT2D eigenvalue weighted by molar-refractivity contribution is 7.12. The number of nitrogens with two attached hydrogens (primary N) is 1. The molecule has 1 rings (SSSR count). The Morgan fingerprint density at radius 1 is 1.50 bits per heavy atom. The van der Waals surface area contributed by atoms with Gasteiger partial charge in [0.2, 0.25) is 5.91 Å². The molecule has 0 saturated carbocycles. The van der Waals surface area contributed by atoms with Crippen molar-refractivity contribution in [3.05, 3.63) is 21.9 Å². The van der Waals surface area contributed by atoms with Crippen molar-refractivity contribution in [3.63, 3.8) is 0 Å². The van der Waals surface area contributed by atoms with Gasteiger partial charge in [0, 0.05) is 25.6 Å². The molecule has 0 atom stereocenters. The lowest BCUT2D eigenvalue weighted by atomic mass is 10.2. The maximum absolute atomic E-state index is 11.8. The van der Waals surface area contributed by atoms with Crippen LogP contribution in [0.2, 0.25) is 0 Å². The molecule has 0 bridgehead atoms. The Morgan fingerprint density at radius 3 is 2.94 bits per heavy atom. The first-order chi connectivity index (χ1) is 8.69. The Balaban J connectivity index is 2.56. The van der Waals surface area contributed by atoms with Crippen LogP contribution < -0.4 is 16.4 Å². The first kappa shape index (κ1) is 14.2. The van der Waals surface area contributed by atoms with Gasteiger partial charge in [0.25, 0.3) is 5.91 Å². The molecule has 6 heteroatoms. The van der Waals surface area contributed by atoms with Crippen molar-refractivity contribution < 1.29 is 9.59 Å². The second-order valence-electron chi connectivity index (χ2n) is 3.35. The third-order valence-electron chi connectivity index (χ3n) is 2.11. The first-order valence-electron chi connectivity index (χ1n) is 5.44. The molecule has 18 heavy (non-hydrogen) atoms. The summed E-state index contributed by atoms with van der Waals surface area (Å²) in [5, 5.41) is 6.97. The van der Waals surface area contributed by atoms with Gasteiger partial charge in [0.1, 0.15) is 4.88 Å². The van der Waals surface area contributed by atoms with E-state index < -0.39 is 0 Å². The summed E-state index contributed by atoms with van der Waals surface area (Å²) in [6.45, 7) is 0.563. The van der Waals surface area contributed by atoms with Crippen LogP contribution in [-0.4, -0.2) is 32.0 Å². The number of rotatable bonds is 4. The summed E-state index contributed by atoms with van der Waals surface area (Å²) in [5.41, 5.74) is 5.95. The summed E-state index contributed by atoms with van der Waals surface area (Å²) in [5.74, 6) is 5.23. The van der Waals surface area contributed by atoms with Crippen LogP contribution in [0.4, 0.5) is 0 Å². The van der Waals surface area contributed by atoms with Gasteiger partial charge < -0.3 is 16.4 Å². The van der Waals surface area contributed by atoms with Gasteiger partial charge in [-0.1, -0.05) is 11.8 Å². The third-order valence-corrected chi connectivity index (χ3v) is 3.03. The molecule has 0 spiro atoms. The normalized spacial score (nSPS) is 9.22. The number of nitrogens with one attached hydrogen (secondary N) is 2. The molecule has 1 aromatic rings. The van der Waals surface area contributed by atoms with Crippen molar-refractivity contribution in [2.75, 3.05) is 20.1 Å². The van der Waals surface area contributed by atoms with E-state index in [4.69, 9.17) is 5.73 Å². The fraction of sp³-hybridized carbons (Fsp3) is 0.333. The molecule has 0 radical (unpaired) electrons. The van der Waals surface area contributed by atoms with Crippen molar-refractivity contribution >= 4 is 23.2 Å². The maximum Gasteiger partial charge on any atom is 0.262 e. The summed E-state index contributed by atoms with van der Waals surface area (Å²) >= 11 is 1.32. The Labute approximate surface area is 110 Å². The van der Waals surface area contributed by atoms with E-state index in [0.717, 1.165) is 0 Å². The minimum atomic E-state index is -0.213. The molecule has 0 saturated heterocycles. The van der Waals surface area contributed by atoms with Crippen LogP contribution in [0.3, 0.4) is 0 Å². The second kappa shape index (κ2) is 7.48. The Kier molecular flexibility index (Phi) is 5.91. The van der Waals surface area contributed by atoms with Gasteiger partial charge in [-0.3, -0.25) is 9.59 Å². The molecule has 0 fully saturated rings. The number of carbonyl (C=O) groups is 2. The lowest BCUT2D eigenvalue weighted by Crippen LogP contribution is -2.29. The van der Waals surface area contributed by atoms with Crippen molar-refractivity contribution in [1.29, 1.82) is 0 Å². The lowest BCUT2D eigenvalue weighted by Gasteiger charge is -2.03. The van der Waals surface area contributed by atoms with Crippen LogP contribution in [0.15, 0.2) is 11.4 Å². The van der Waals surface area contributed by atoms with Crippen molar-refractivity contribution in [2.24, 2.45) is 5.73 Å². The zero-order valence-corrected chi connectivity index (χ0v) is 10.9. The standard InChI is InChI=1S/C12H15N3O2S/c1-14-10(16)4-7-15-12(17)11-9(3-2-6-13)5-8-18-11/h5,8H,4,6-7,13H2,1H3,(H,14,16)(H,15,17). The quantitative estimate of drug-likeness (QED) is 0.666. The van der Waals surface area contributed by atoms with Gasteiger partial charge in [-0.05, 0) is 11.4 Å². The predicted octanol–water partition coefficient (Wildman–Crippen LogP) is -0.0758. The highest BCUT2D eigenvalue weighted by atomic mass is 32.1. The van der Waals surface area contributed by atoms with Crippen LogP contribution >= 0.6 is 11.3 Å². The number of carbonyl (C=O) groups excluding carboxylic acids is 2. The number of hydrogen-bond acceptors (Lipinski definition) is 4. The molecule has 96 valence electrons. The van der Waals surface area contributed by atoms with E-state index in [0.29, 0.717) is 17.0 Å². The van der Waals surface area contributed by atoms with E-state index in [1.807, 2.05) is 0 Å². The largest absolute Gasteiger partial charge is 0.359 e. The van der Waals surface area contributed by atoms with E-state index in [1.165, 1.54) is 11.3 Å². The molecule has 1 heterocycles. The van der Waals surface area contributed by atoms with Crippen molar-refractivity contribution in [1.82, 2.24) is 10.6 Å². The second-order valence-corrected chi connectivity index (χ2v) is 4.26. The lowest BCUT2D eigenvalue weighted by molar-refractivity contribution is -0.120. The van der Waals surface area contributed by atoms with E-state index in [1.54, 1.807) is 18.5 Å². The number of thiophene rings is 1. The summed E-state index contributed by atoms with van der Waals surface area (Å²) in [6, 6.07) is 1.78. The van der Waals surface area contributed by atoms with Gasteiger partial charge in [-0.15, -0.1) is 11.3 Å². The van der Waals surface area contributed by atoms with Crippen molar-refractivity contribution in [2.45, 2.75) is 6.42 Å². The molecule has 1 aromatic heterocycles. The molecule has 0 aliphatic carbocycles. The van der Waals surface area contributed by atoms with E-state index >= 15 is 0 Å². The van der Waals surface area contributed by atoms with Gasteiger partial charge in [0.15, 0.2) is 0 Å². The highest BCUT2D eigenvalue weighted by Gasteiger charge is 2.11. The van der Waals surface area contributed by atoms with E-state index in [9.17, 15) is 9.59 Å². The van der Waals surface area contributed by atoms with Crippen LogP contribution in [-0.2, 0) is 4.79 Å². The average Bonchev–Trinajstić information content (AvgIpc) is 2.84. The minimum Gasteiger partial charge on any atom is -0.359 e. The fourth-order valence-electron chi connectivity index (χ4n) is 1.22. The minimum absolute atomic E-state index is 0.107. The zero-order valence-electron chi connectivity index (χ0n) is 10.1. The molecule has 2 amide bonds. The first-order valence-corrected chi connectivity index (χ1v) is 6.32. The van der Waals surface area contributed by atoms with Crippen molar-refractivity contribution in [3.8, 4) is 11.8 Å². The van der Waals surface area contributed by atoms with E-state index in [-0.39, 0.29) is 24.8 Å². The molecule has 0 aliphatic heterocycles. The van der Waals surface area contributed by atoms with Gasteiger partial charge in [0.05, 0.1) is 6.54 Å². The molecule has 0 unspecified atom stereocenters. The van der Waals surface area contributed by atoms with Crippen LogP contribution in [0.25, 0.3) is 0 Å². The Hall–Kier alpha value is -1.84. The van der Waals surface area contributed by atoms with E-state index in [2.05, 4.69) is 22.5 Å². The van der Waals surface area contributed by atoms with Gasteiger partial charge >= 0.3 is 0 Å². The summed E-state index contributed by atoms with van der Waals surface area (Å²) < 4.78 is 0. The fourth-order valence-corrected chi connectivity index (χ4v) is 1.99. The predicted molar refractivity (Wildman–Crippen MR) is 71.3 cm³/mol. The third kappa shape index (κ3) is 4.20. The molecular weight excluding hydrogens is 250 g/mol.